The third-order valence-corrected chi connectivity index (χ3v) is 3.09. The molecular formula is C12H23NO2. The third kappa shape index (κ3) is 5.78. The summed E-state index contributed by atoms with van der Waals surface area (Å²) in [5, 5.41) is 8.57. The minimum Gasteiger partial charge on any atom is -0.481 e. The Hall–Kier alpha value is -0.570. The molecule has 1 aliphatic rings. The molecule has 0 aliphatic heterocycles. The number of hydrogen-bond acceptors (Lipinski definition) is 2. The van der Waals surface area contributed by atoms with Crippen molar-refractivity contribution < 1.29 is 9.90 Å². The summed E-state index contributed by atoms with van der Waals surface area (Å²) in [5.74, 6) is 0.284. The molecule has 0 heterocycles. The van der Waals surface area contributed by atoms with Crippen LogP contribution >= 0.6 is 0 Å². The molecule has 0 aromatic rings. The van der Waals surface area contributed by atoms with Gasteiger partial charge in [0, 0.05) is 12.5 Å². The Morgan fingerprint density at radius 1 is 1.40 bits per heavy atom. The minimum absolute atomic E-state index is 0.298. The highest BCUT2D eigenvalue weighted by atomic mass is 16.4. The molecule has 1 fully saturated rings. The summed E-state index contributed by atoms with van der Waals surface area (Å²) in [6.45, 7) is 6.44. The van der Waals surface area contributed by atoms with Gasteiger partial charge in [-0.25, -0.2) is 0 Å². The second kappa shape index (κ2) is 6.11. The second-order valence-electron chi connectivity index (χ2n) is 4.86. The number of rotatable bonds is 8. The molecule has 0 amide bonds. The van der Waals surface area contributed by atoms with E-state index in [4.69, 9.17) is 5.11 Å². The Labute approximate surface area is 92.5 Å². The van der Waals surface area contributed by atoms with Crippen LogP contribution in [0, 0.1) is 5.92 Å². The number of nitrogens with zero attached hydrogens (tertiary/aromatic N) is 1. The fourth-order valence-corrected chi connectivity index (χ4v) is 1.82. The van der Waals surface area contributed by atoms with E-state index in [1.165, 1.54) is 19.3 Å². The van der Waals surface area contributed by atoms with Gasteiger partial charge in [-0.2, -0.15) is 0 Å². The molecule has 1 saturated carbocycles. The fraction of sp³-hybridized carbons (Fsp3) is 0.917. The molecule has 0 radical (unpaired) electrons. The average molecular weight is 213 g/mol. The first kappa shape index (κ1) is 12.5. The highest BCUT2D eigenvalue weighted by Gasteiger charge is 2.22. The first-order chi connectivity index (χ1) is 7.09. The molecule has 0 aromatic heterocycles. The zero-order valence-electron chi connectivity index (χ0n) is 9.91. The van der Waals surface area contributed by atoms with E-state index in [9.17, 15) is 4.79 Å². The topological polar surface area (TPSA) is 40.5 Å². The van der Waals surface area contributed by atoms with Gasteiger partial charge in [-0.3, -0.25) is 4.79 Å². The number of carboxylic acid groups (broad SMARTS) is 1. The predicted molar refractivity (Wildman–Crippen MR) is 60.9 cm³/mol. The van der Waals surface area contributed by atoms with E-state index in [0.717, 1.165) is 25.4 Å². The quantitative estimate of drug-likeness (QED) is 0.673. The van der Waals surface area contributed by atoms with Crippen molar-refractivity contribution in [2.75, 3.05) is 13.1 Å². The van der Waals surface area contributed by atoms with Crippen molar-refractivity contribution in [3.05, 3.63) is 0 Å². The van der Waals surface area contributed by atoms with Crippen LogP contribution in [0.2, 0.25) is 0 Å². The van der Waals surface area contributed by atoms with Gasteiger partial charge in [-0.15, -0.1) is 0 Å². The lowest BCUT2D eigenvalue weighted by molar-refractivity contribution is -0.137. The molecule has 0 unspecified atom stereocenters. The molecular weight excluding hydrogens is 190 g/mol. The van der Waals surface area contributed by atoms with Crippen molar-refractivity contribution in [2.24, 2.45) is 5.92 Å². The summed E-state index contributed by atoms with van der Waals surface area (Å²) in [5.41, 5.74) is 0. The van der Waals surface area contributed by atoms with E-state index in [0.29, 0.717) is 12.5 Å². The molecule has 3 heteroatoms. The molecule has 15 heavy (non-hydrogen) atoms. The Morgan fingerprint density at radius 3 is 2.53 bits per heavy atom. The van der Waals surface area contributed by atoms with E-state index >= 15 is 0 Å². The van der Waals surface area contributed by atoms with Crippen molar-refractivity contribution in [2.45, 2.75) is 52.0 Å². The summed E-state index contributed by atoms with van der Waals surface area (Å²) in [7, 11) is 0. The van der Waals surface area contributed by atoms with Gasteiger partial charge >= 0.3 is 5.97 Å². The Kier molecular flexibility index (Phi) is 5.09. The number of carboxylic acids is 1. The highest BCUT2D eigenvalue weighted by Crippen LogP contribution is 2.32. The molecule has 1 aliphatic carbocycles. The van der Waals surface area contributed by atoms with Crippen LogP contribution in [0.4, 0.5) is 0 Å². The van der Waals surface area contributed by atoms with Gasteiger partial charge in [0.25, 0.3) is 0 Å². The van der Waals surface area contributed by atoms with Crippen molar-refractivity contribution in [1.29, 1.82) is 0 Å². The summed E-state index contributed by atoms with van der Waals surface area (Å²) in [4.78, 5) is 12.8. The molecule has 0 spiro atoms. The Balaban J connectivity index is 2.13. The zero-order valence-corrected chi connectivity index (χ0v) is 9.91. The number of aliphatic carboxylic acids is 1. The zero-order chi connectivity index (χ0) is 11.3. The largest absolute Gasteiger partial charge is 0.481 e. The van der Waals surface area contributed by atoms with Crippen molar-refractivity contribution in [1.82, 2.24) is 4.90 Å². The van der Waals surface area contributed by atoms with Gasteiger partial charge in [-0.1, -0.05) is 12.8 Å². The molecule has 88 valence electrons. The highest BCUT2D eigenvalue weighted by molar-refractivity contribution is 5.66. The van der Waals surface area contributed by atoms with Crippen LogP contribution in [0.15, 0.2) is 0 Å². The van der Waals surface area contributed by atoms with Crippen molar-refractivity contribution in [3.63, 3.8) is 0 Å². The second-order valence-corrected chi connectivity index (χ2v) is 4.86. The van der Waals surface area contributed by atoms with Gasteiger partial charge in [0.15, 0.2) is 0 Å². The van der Waals surface area contributed by atoms with Gasteiger partial charge in [0.2, 0.25) is 0 Å². The summed E-state index contributed by atoms with van der Waals surface area (Å²) in [6.07, 6.45) is 5.18. The maximum absolute atomic E-state index is 10.4. The molecule has 0 atom stereocenters. The van der Waals surface area contributed by atoms with Gasteiger partial charge in [0.1, 0.15) is 0 Å². The predicted octanol–water partition coefficient (Wildman–Crippen LogP) is 2.36. The van der Waals surface area contributed by atoms with E-state index in [1.807, 2.05) is 0 Å². The van der Waals surface area contributed by atoms with Gasteiger partial charge < -0.3 is 10.0 Å². The van der Waals surface area contributed by atoms with Crippen LogP contribution in [0.3, 0.4) is 0 Å². The molecule has 1 N–H and O–H groups in total. The van der Waals surface area contributed by atoms with Crippen LogP contribution in [-0.4, -0.2) is 35.1 Å². The van der Waals surface area contributed by atoms with E-state index in [1.54, 1.807) is 0 Å². The lowest BCUT2D eigenvalue weighted by Crippen LogP contribution is -2.33. The first-order valence-electron chi connectivity index (χ1n) is 6.05. The van der Waals surface area contributed by atoms with Crippen LogP contribution in [0.25, 0.3) is 0 Å². The molecule has 0 bridgehead atoms. The SMILES string of the molecule is CC(C)N(CCCC(=O)O)CCC1CC1. The van der Waals surface area contributed by atoms with Crippen molar-refractivity contribution in [3.8, 4) is 0 Å². The van der Waals surface area contributed by atoms with Crippen LogP contribution in [0.1, 0.15) is 46.0 Å². The Bertz CT molecular complexity index is 200. The maximum Gasteiger partial charge on any atom is 0.303 e. The van der Waals surface area contributed by atoms with E-state index in [2.05, 4.69) is 18.7 Å². The lowest BCUT2D eigenvalue weighted by Gasteiger charge is -2.26. The van der Waals surface area contributed by atoms with Crippen molar-refractivity contribution >= 4 is 5.97 Å². The van der Waals surface area contributed by atoms with Gasteiger partial charge in [-0.05, 0) is 45.7 Å². The van der Waals surface area contributed by atoms with E-state index in [-0.39, 0.29) is 0 Å². The van der Waals surface area contributed by atoms with Crippen LogP contribution in [-0.2, 0) is 4.79 Å². The minimum atomic E-state index is -0.680. The molecule has 3 nitrogen and oxygen atoms in total. The molecule has 0 saturated heterocycles. The average Bonchev–Trinajstić information content (AvgIpc) is 2.93. The summed E-state index contributed by atoms with van der Waals surface area (Å²) >= 11 is 0. The Morgan fingerprint density at radius 2 is 2.07 bits per heavy atom. The smallest absolute Gasteiger partial charge is 0.303 e. The number of hydrogen-bond donors (Lipinski definition) is 1. The van der Waals surface area contributed by atoms with Crippen LogP contribution < -0.4 is 0 Å². The third-order valence-electron chi connectivity index (χ3n) is 3.09. The maximum atomic E-state index is 10.4. The van der Waals surface area contributed by atoms with Crippen LogP contribution in [0.5, 0.6) is 0 Å². The summed E-state index contributed by atoms with van der Waals surface area (Å²) in [6, 6.07) is 0.539. The fourth-order valence-electron chi connectivity index (χ4n) is 1.82. The molecule has 1 rings (SSSR count). The lowest BCUT2D eigenvalue weighted by atomic mass is 10.2. The molecule has 0 aromatic carbocycles. The normalized spacial score (nSPS) is 16.3. The monoisotopic (exact) mass is 213 g/mol. The summed E-state index contributed by atoms with van der Waals surface area (Å²) < 4.78 is 0. The van der Waals surface area contributed by atoms with Gasteiger partial charge in [0.05, 0.1) is 0 Å². The standard InChI is InChI=1S/C12H23NO2/c1-10(2)13(8-3-4-12(14)15)9-7-11-5-6-11/h10-11H,3-9H2,1-2H3,(H,14,15). The number of carbonyl (C=O) groups is 1. The first-order valence-corrected chi connectivity index (χ1v) is 6.05. The van der Waals surface area contributed by atoms with E-state index < -0.39 is 5.97 Å².